The van der Waals surface area contributed by atoms with E-state index in [9.17, 15) is 18.0 Å². The highest BCUT2D eigenvalue weighted by Crippen LogP contribution is 2.25. The Morgan fingerprint density at radius 3 is 2.64 bits per heavy atom. The lowest BCUT2D eigenvalue weighted by molar-refractivity contribution is -0.116. The zero-order chi connectivity index (χ0) is 20.5. The molecule has 0 aliphatic carbocycles. The van der Waals surface area contributed by atoms with Crippen LogP contribution in [-0.4, -0.2) is 43.0 Å². The van der Waals surface area contributed by atoms with Gasteiger partial charge in [-0.25, -0.2) is 13.4 Å². The molecule has 0 aliphatic rings. The Kier molecular flexibility index (Phi) is 5.59. The number of sulfonamides is 1. The molecule has 1 aromatic heterocycles. The molecule has 0 aliphatic heterocycles. The summed E-state index contributed by atoms with van der Waals surface area (Å²) in [5.74, 6) is -0.619. The minimum Gasteiger partial charge on any atom is -0.325 e. The number of carbonyl (C=O) groups is 2. The first-order valence-electron chi connectivity index (χ1n) is 8.41. The van der Waals surface area contributed by atoms with Gasteiger partial charge in [0.1, 0.15) is 0 Å². The lowest BCUT2D eigenvalue weighted by Crippen LogP contribution is -2.35. The van der Waals surface area contributed by atoms with Crippen LogP contribution in [0.4, 0.5) is 5.69 Å². The van der Waals surface area contributed by atoms with Gasteiger partial charge < -0.3 is 5.32 Å². The average molecular weight is 418 g/mol. The highest BCUT2D eigenvalue weighted by Gasteiger charge is 2.23. The maximum atomic E-state index is 12.8. The monoisotopic (exact) mass is 417 g/mol. The van der Waals surface area contributed by atoms with Crippen molar-refractivity contribution >= 4 is 49.0 Å². The second-order valence-corrected chi connectivity index (χ2v) is 9.59. The summed E-state index contributed by atoms with van der Waals surface area (Å²) in [5, 5.41) is 3.47. The minimum absolute atomic E-state index is 0.109. The number of benzene rings is 2. The molecule has 3 aromatic rings. The summed E-state index contributed by atoms with van der Waals surface area (Å²) in [6.07, 6.45) is 0. The van der Waals surface area contributed by atoms with Crippen molar-refractivity contribution in [3.8, 4) is 0 Å². The smallest absolute Gasteiger partial charge is 0.243 e. The van der Waals surface area contributed by atoms with Crippen molar-refractivity contribution in [2.75, 3.05) is 18.9 Å². The number of likely N-dealkylation sites (N-methyl/N-ethyl adjacent to an activating group) is 1. The number of aromatic nitrogens is 1. The topological polar surface area (TPSA) is 96.4 Å². The lowest BCUT2D eigenvalue weighted by atomic mass is 10.1. The summed E-state index contributed by atoms with van der Waals surface area (Å²) in [4.78, 5) is 28.2. The number of hydrogen-bond donors (Lipinski definition) is 1. The average Bonchev–Trinajstić information content (AvgIpc) is 3.00. The zero-order valence-electron chi connectivity index (χ0n) is 15.6. The van der Waals surface area contributed by atoms with Crippen LogP contribution in [-0.2, 0) is 14.8 Å². The van der Waals surface area contributed by atoms with E-state index < -0.39 is 15.9 Å². The van der Waals surface area contributed by atoms with E-state index in [0.717, 1.165) is 19.5 Å². The molecule has 2 aromatic carbocycles. The molecule has 0 saturated carbocycles. The molecule has 7 nitrogen and oxygen atoms in total. The number of thiazole rings is 1. The molecule has 9 heteroatoms. The Morgan fingerprint density at radius 2 is 1.93 bits per heavy atom. The fourth-order valence-corrected chi connectivity index (χ4v) is 4.76. The summed E-state index contributed by atoms with van der Waals surface area (Å²) in [5.41, 5.74) is 1.64. The predicted octanol–water partition coefficient (Wildman–Crippen LogP) is 3.07. The van der Waals surface area contributed by atoms with Gasteiger partial charge in [-0.2, -0.15) is 4.31 Å². The Balaban J connectivity index is 1.74. The number of carbonyl (C=O) groups excluding carboxylic acids is 2. The van der Waals surface area contributed by atoms with Crippen LogP contribution >= 0.6 is 11.3 Å². The molecule has 0 fully saturated rings. The Labute approximate surface area is 167 Å². The van der Waals surface area contributed by atoms with Crippen molar-refractivity contribution in [3.63, 3.8) is 0 Å². The van der Waals surface area contributed by atoms with E-state index in [4.69, 9.17) is 0 Å². The highest BCUT2D eigenvalue weighted by atomic mass is 32.2. The quantitative estimate of drug-likeness (QED) is 0.622. The number of nitrogens with zero attached hydrogens (tertiary/aromatic N) is 2. The van der Waals surface area contributed by atoms with E-state index in [1.807, 2.05) is 6.92 Å². The maximum Gasteiger partial charge on any atom is 0.243 e. The molecular formula is C19H19N3O4S2. The zero-order valence-corrected chi connectivity index (χ0v) is 17.2. The van der Waals surface area contributed by atoms with E-state index >= 15 is 0 Å². The van der Waals surface area contributed by atoms with Gasteiger partial charge in [-0.15, -0.1) is 11.3 Å². The van der Waals surface area contributed by atoms with E-state index in [0.29, 0.717) is 11.3 Å². The van der Waals surface area contributed by atoms with Crippen LogP contribution in [0.1, 0.15) is 22.3 Å². The fraction of sp³-hybridized carbons (Fsp3) is 0.211. The molecule has 146 valence electrons. The second-order valence-electron chi connectivity index (χ2n) is 6.31. The molecule has 28 heavy (non-hydrogen) atoms. The predicted molar refractivity (Wildman–Crippen MR) is 109 cm³/mol. The Morgan fingerprint density at radius 1 is 1.18 bits per heavy atom. The normalized spacial score (nSPS) is 11.7. The molecule has 0 atom stereocenters. The number of anilines is 1. The van der Waals surface area contributed by atoms with Gasteiger partial charge in [0.2, 0.25) is 15.9 Å². The SMILES string of the molecule is CC(=O)c1cccc(NC(=O)CN(C)S(=O)(=O)c2ccc3nc(C)sc3c2)c1. The molecule has 1 N–H and O–H groups in total. The number of aryl methyl sites for hydroxylation is 1. The third-order valence-electron chi connectivity index (χ3n) is 4.09. The van der Waals surface area contributed by atoms with Crippen LogP contribution < -0.4 is 5.32 Å². The minimum atomic E-state index is -3.83. The van der Waals surface area contributed by atoms with Gasteiger partial charge in [0.15, 0.2) is 5.78 Å². The molecule has 0 radical (unpaired) electrons. The highest BCUT2D eigenvalue weighted by molar-refractivity contribution is 7.89. The van der Waals surface area contributed by atoms with Crippen LogP contribution in [0, 0.1) is 6.92 Å². The van der Waals surface area contributed by atoms with Crippen LogP contribution in [0.2, 0.25) is 0 Å². The van der Waals surface area contributed by atoms with Gasteiger partial charge in [0.25, 0.3) is 0 Å². The van der Waals surface area contributed by atoms with Gasteiger partial charge in [-0.05, 0) is 44.2 Å². The van der Waals surface area contributed by atoms with Crippen LogP contribution in [0.15, 0.2) is 47.4 Å². The largest absolute Gasteiger partial charge is 0.325 e. The van der Waals surface area contributed by atoms with Crippen molar-refractivity contribution in [1.29, 1.82) is 0 Å². The second kappa shape index (κ2) is 7.78. The number of ketones is 1. The first-order valence-corrected chi connectivity index (χ1v) is 10.7. The van der Waals surface area contributed by atoms with E-state index in [1.165, 1.54) is 31.4 Å². The fourth-order valence-electron chi connectivity index (χ4n) is 2.66. The molecule has 0 bridgehead atoms. The summed E-state index contributed by atoms with van der Waals surface area (Å²) in [6.45, 7) is 2.94. The van der Waals surface area contributed by atoms with E-state index in [1.54, 1.807) is 36.4 Å². The summed E-state index contributed by atoms with van der Waals surface area (Å²) >= 11 is 1.41. The Hall–Kier alpha value is -2.62. The lowest BCUT2D eigenvalue weighted by Gasteiger charge is -2.17. The van der Waals surface area contributed by atoms with Gasteiger partial charge in [-0.1, -0.05) is 12.1 Å². The number of Topliss-reactive ketones (excluding diaryl/α,β-unsaturated/α-hetero) is 1. The molecular weight excluding hydrogens is 398 g/mol. The van der Waals surface area contributed by atoms with Crippen molar-refractivity contribution in [2.24, 2.45) is 0 Å². The Bertz CT molecular complexity index is 1170. The van der Waals surface area contributed by atoms with Crippen molar-refractivity contribution in [3.05, 3.63) is 53.0 Å². The third kappa shape index (κ3) is 4.27. The number of amides is 1. The van der Waals surface area contributed by atoms with Gasteiger partial charge >= 0.3 is 0 Å². The molecule has 1 amide bonds. The van der Waals surface area contributed by atoms with Crippen molar-refractivity contribution < 1.29 is 18.0 Å². The van der Waals surface area contributed by atoms with Gasteiger partial charge in [-0.3, -0.25) is 9.59 Å². The molecule has 1 heterocycles. The summed E-state index contributed by atoms with van der Waals surface area (Å²) < 4.78 is 27.4. The van der Waals surface area contributed by atoms with Crippen molar-refractivity contribution in [1.82, 2.24) is 9.29 Å². The van der Waals surface area contributed by atoms with Crippen LogP contribution in [0.5, 0.6) is 0 Å². The summed E-state index contributed by atoms with van der Waals surface area (Å²) in [7, 11) is -2.48. The molecule has 3 rings (SSSR count). The number of nitrogens with one attached hydrogen (secondary N) is 1. The number of fused-ring (bicyclic) bond motifs is 1. The standard InChI is InChI=1S/C19H19N3O4S2/c1-12(23)14-5-4-6-15(9-14)21-19(24)11-22(3)28(25,26)16-7-8-17-18(10-16)27-13(2)20-17/h4-10H,11H2,1-3H3,(H,21,24). The molecule has 0 spiro atoms. The molecule has 0 saturated heterocycles. The van der Waals surface area contributed by atoms with Crippen LogP contribution in [0.3, 0.4) is 0 Å². The third-order valence-corrected chi connectivity index (χ3v) is 6.83. The first-order chi connectivity index (χ1) is 13.2. The van der Waals surface area contributed by atoms with Crippen LogP contribution in [0.25, 0.3) is 10.2 Å². The van der Waals surface area contributed by atoms with E-state index in [2.05, 4.69) is 10.3 Å². The van der Waals surface area contributed by atoms with Gasteiger partial charge in [0.05, 0.1) is 26.7 Å². The first kappa shape index (κ1) is 20.1. The van der Waals surface area contributed by atoms with Gasteiger partial charge in [0, 0.05) is 18.3 Å². The summed E-state index contributed by atoms with van der Waals surface area (Å²) in [6, 6.07) is 11.2. The maximum absolute atomic E-state index is 12.8. The van der Waals surface area contributed by atoms with E-state index in [-0.39, 0.29) is 17.2 Å². The van der Waals surface area contributed by atoms with Crippen molar-refractivity contribution in [2.45, 2.75) is 18.7 Å². The molecule has 0 unspecified atom stereocenters. The number of rotatable bonds is 6. The number of hydrogen-bond acceptors (Lipinski definition) is 6.